The van der Waals surface area contributed by atoms with Crippen molar-refractivity contribution in [2.75, 3.05) is 5.32 Å². The van der Waals surface area contributed by atoms with Gasteiger partial charge in [-0.1, -0.05) is 6.08 Å². The molecule has 0 aliphatic carbocycles. The lowest BCUT2D eigenvalue weighted by atomic mass is 9.98. The molecule has 1 amide bonds. The first-order chi connectivity index (χ1) is 13.8. The van der Waals surface area contributed by atoms with Crippen LogP contribution >= 0.6 is 0 Å². The normalized spacial score (nSPS) is 21.2. The number of hydrogen-bond acceptors (Lipinski definition) is 5. The maximum absolute atomic E-state index is 12.5. The highest BCUT2D eigenvalue weighted by Gasteiger charge is 2.40. The Morgan fingerprint density at radius 1 is 1.34 bits per heavy atom. The fourth-order valence-electron chi connectivity index (χ4n) is 4.00. The third-order valence-corrected chi connectivity index (χ3v) is 5.25. The van der Waals surface area contributed by atoms with Crippen molar-refractivity contribution in [2.45, 2.75) is 50.4 Å². The lowest BCUT2D eigenvalue weighted by Gasteiger charge is -2.34. The number of fused-ring (bicyclic) bond motifs is 2. The first kappa shape index (κ1) is 19.4. The Labute approximate surface area is 165 Å². The molecule has 0 radical (unpaired) electrons. The smallest absolute Gasteiger partial charge is 0.333 e. The fraction of sp³-hybridized carbons (Fsp3) is 0.474. The predicted octanol–water partition coefficient (Wildman–Crippen LogP) is 3.44. The molecule has 29 heavy (non-hydrogen) atoms. The zero-order valence-electron chi connectivity index (χ0n) is 15.9. The van der Waals surface area contributed by atoms with Gasteiger partial charge in [0.05, 0.1) is 30.0 Å². The third kappa shape index (κ3) is 4.41. The van der Waals surface area contributed by atoms with E-state index in [0.29, 0.717) is 12.4 Å². The lowest BCUT2D eigenvalue weighted by Crippen LogP contribution is -2.43. The minimum atomic E-state index is -4.32. The van der Waals surface area contributed by atoms with Crippen LogP contribution in [0.25, 0.3) is 5.57 Å². The van der Waals surface area contributed by atoms with E-state index in [0.717, 1.165) is 29.8 Å². The molecule has 0 unspecified atom stereocenters. The first-order valence-electron chi connectivity index (χ1n) is 9.46. The molecule has 2 aliphatic heterocycles. The Hall–Kier alpha value is -2.91. The number of carbonyl (C=O) groups excluding carboxylic acids is 1. The molecule has 10 heteroatoms. The van der Waals surface area contributed by atoms with E-state index in [9.17, 15) is 18.0 Å². The van der Waals surface area contributed by atoms with E-state index in [-0.39, 0.29) is 12.1 Å². The van der Waals surface area contributed by atoms with Crippen molar-refractivity contribution in [3.8, 4) is 0 Å². The standard InChI is InChI=1S/C19H21F3N6O/c1-27-11-13(10-24-27)25-18-23-7-5-16(26-18)12-8-14-2-3-15(9-12)28(14)17(29)4-6-19(20,21)22/h5,7-8,10-11,14-15H,2-4,6,9H2,1H3,(H,23,25,26)/t14-,15+/m0/s1. The van der Waals surface area contributed by atoms with E-state index in [2.05, 4.69) is 20.4 Å². The van der Waals surface area contributed by atoms with Crippen molar-refractivity contribution >= 4 is 23.1 Å². The summed E-state index contributed by atoms with van der Waals surface area (Å²) in [5, 5.41) is 7.18. The lowest BCUT2D eigenvalue weighted by molar-refractivity contribution is -0.150. The van der Waals surface area contributed by atoms with Crippen LogP contribution < -0.4 is 5.32 Å². The van der Waals surface area contributed by atoms with Crippen LogP contribution in [0.5, 0.6) is 0 Å². The predicted molar refractivity (Wildman–Crippen MR) is 100 cm³/mol. The second kappa shape index (κ2) is 7.49. The summed E-state index contributed by atoms with van der Waals surface area (Å²) < 4.78 is 39.1. The number of anilines is 2. The molecule has 154 valence electrons. The molecule has 1 fully saturated rings. The van der Waals surface area contributed by atoms with Crippen LogP contribution in [-0.4, -0.2) is 48.8 Å². The molecular formula is C19H21F3N6O. The average molecular weight is 406 g/mol. The summed E-state index contributed by atoms with van der Waals surface area (Å²) in [6, 6.07) is 1.56. The number of rotatable bonds is 5. The summed E-state index contributed by atoms with van der Waals surface area (Å²) >= 11 is 0. The SMILES string of the molecule is Cn1cc(Nc2nccc(C3=C[C@@H]4CC[C@H](C3)N4C(=O)CCC(F)(F)F)n2)cn1. The van der Waals surface area contributed by atoms with Crippen LogP contribution in [0.1, 0.15) is 37.8 Å². The molecule has 1 N–H and O–H groups in total. The van der Waals surface area contributed by atoms with Gasteiger partial charge in [-0.3, -0.25) is 9.48 Å². The number of nitrogens with one attached hydrogen (secondary N) is 1. The fourth-order valence-corrected chi connectivity index (χ4v) is 4.00. The minimum Gasteiger partial charge on any atom is -0.333 e. The Kier molecular flexibility index (Phi) is 5.01. The Balaban J connectivity index is 1.48. The van der Waals surface area contributed by atoms with Crippen molar-refractivity contribution < 1.29 is 18.0 Å². The number of amides is 1. The molecule has 0 spiro atoms. The second-order valence-corrected chi connectivity index (χ2v) is 7.40. The van der Waals surface area contributed by atoms with Gasteiger partial charge in [0, 0.05) is 31.9 Å². The highest BCUT2D eigenvalue weighted by molar-refractivity contribution is 5.80. The van der Waals surface area contributed by atoms with Crippen LogP contribution in [0.3, 0.4) is 0 Å². The Morgan fingerprint density at radius 3 is 2.86 bits per heavy atom. The molecular weight excluding hydrogens is 385 g/mol. The van der Waals surface area contributed by atoms with Gasteiger partial charge in [0.1, 0.15) is 0 Å². The van der Waals surface area contributed by atoms with Gasteiger partial charge in [-0.2, -0.15) is 18.3 Å². The van der Waals surface area contributed by atoms with Crippen LogP contribution in [-0.2, 0) is 11.8 Å². The van der Waals surface area contributed by atoms with Crippen LogP contribution in [0, 0.1) is 0 Å². The highest BCUT2D eigenvalue weighted by atomic mass is 19.4. The van der Waals surface area contributed by atoms with Gasteiger partial charge in [0.2, 0.25) is 11.9 Å². The zero-order valence-corrected chi connectivity index (χ0v) is 15.9. The molecule has 1 saturated heterocycles. The van der Waals surface area contributed by atoms with Gasteiger partial charge in [0.25, 0.3) is 0 Å². The van der Waals surface area contributed by atoms with Crippen LogP contribution in [0.15, 0.2) is 30.7 Å². The molecule has 4 heterocycles. The van der Waals surface area contributed by atoms with E-state index in [1.165, 1.54) is 0 Å². The monoisotopic (exact) mass is 406 g/mol. The topological polar surface area (TPSA) is 75.9 Å². The minimum absolute atomic E-state index is 0.0783. The Bertz CT molecular complexity index is 938. The number of nitrogens with zero attached hydrogens (tertiary/aromatic N) is 5. The quantitative estimate of drug-likeness (QED) is 0.823. The maximum atomic E-state index is 12.5. The van der Waals surface area contributed by atoms with Crippen molar-refractivity contribution in [3.63, 3.8) is 0 Å². The van der Waals surface area contributed by atoms with Gasteiger partial charge in [-0.15, -0.1) is 0 Å². The van der Waals surface area contributed by atoms with Crippen molar-refractivity contribution in [1.29, 1.82) is 0 Å². The summed E-state index contributed by atoms with van der Waals surface area (Å²) in [5.74, 6) is 0.0131. The average Bonchev–Trinajstić information content (AvgIpc) is 3.19. The number of alkyl halides is 3. The van der Waals surface area contributed by atoms with Gasteiger partial charge in [0.15, 0.2) is 0 Å². The zero-order chi connectivity index (χ0) is 20.6. The van der Waals surface area contributed by atoms with Crippen LogP contribution in [0.2, 0.25) is 0 Å². The highest BCUT2D eigenvalue weighted by Crippen LogP contribution is 2.39. The van der Waals surface area contributed by atoms with E-state index >= 15 is 0 Å². The van der Waals surface area contributed by atoms with E-state index < -0.39 is 24.9 Å². The molecule has 0 aromatic carbocycles. The summed E-state index contributed by atoms with van der Waals surface area (Å²) in [5.41, 5.74) is 2.52. The van der Waals surface area contributed by atoms with E-state index in [1.807, 2.05) is 13.1 Å². The van der Waals surface area contributed by atoms with Gasteiger partial charge >= 0.3 is 6.18 Å². The largest absolute Gasteiger partial charge is 0.389 e. The second-order valence-electron chi connectivity index (χ2n) is 7.40. The number of aromatic nitrogens is 4. The molecule has 2 aromatic rings. The summed E-state index contributed by atoms with van der Waals surface area (Å²) in [7, 11) is 1.81. The van der Waals surface area contributed by atoms with Crippen LogP contribution in [0.4, 0.5) is 24.8 Å². The summed E-state index contributed by atoms with van der Waals surface area (Å²) in [4.78, 5) is 22.8. The van der Waals surface area contributed by atoms with Crippen molar-refractivity contribution in [1.82, 2.24) is 24.6 Å². The van der Waals surface area contributed by atoms with E-state index in [1.54, 1.807) is 34.2 Å². The summed E-state index contributed by atoms with van der Waals surface area (Å²) in [6.45, 7) is 0. The molecule has 0 saturated carbocycles. The Morgan fingerprint density at radius 2 is 2.17 bits per heavy atom. The number of halogens is 3. The van der Waals surface area contributed by atoms with Gasteiger partial charge < -0.3 is 10.2 Å². The van der Waals surface area contributed by atoms with Gasteiger partial charge in [-0.25, -0.2) is 9.97 Å². The maximum Gasteiger partial charge on any atom is 0.389 e. The number of carbonyl (C=O) groups is 1. The van der Waals surface area contributed by atoms with Crippen molar-refractivity contribution in [2.24, 2.45) is 7.05 Å². The van der Waals surface area contributed by atoms with Gasteiger partial charge in [-0.05, 0) is 30.9 Å². The molecule has 4 rings (SSSR count). The van der Waals surface area contributed by atoms with E-state index in [4.69, 9.17) is 0 Å². The number of aryl methyl sites for hydroxylation is 1. The molecule has 2 bridgehead atoms. The first-order valence-corrected chi connectivity index (χ1v) is 9.46. The van der Waals surface area contributed by atoms with Crippen molar-refractivity contribution in [3.05, 3.63) is 36.4 Å². The molecule has 2 aromatic heterocycles. The number of hydrogen-bond donors (Lipinski definition) is 1. The summed E-state index contributed by atoms with van der Waals surface area (Å²) in [6.07, 6.45) is 3.34. The molecule has 7 nitrogen and oxygen atoms in total. The molecule has 2 aliphatic rings. The molecule has 2 atom stereocenters. The third-order valence-electron chi connectivity index (χ3n) is 5.25.